The number of carbonyl (C=O) groups is 2. The van der Waals surface area contributed by atoms with Crippen molar-refractivity contribution in [2.75, 3.05) is 0 Å². The first-order valence-electron chi connectivity index (χ1n) is 9.97. The van der Waals surface area contributed by atoms with Crippen molar-refractivity contribution in [1.82, 2.24) is 15.6 Å². The van der Waals surface area contributed by atoms with E-state index in [0.717, 1.165) is 16.6 Å². The Balaban J connectivity index is 1.51. The summed E-state index contributed by atoms with van der Waals surface area (Å²) in [6.45, 7) is 2.08. The Morgan fingerprint density at radius 3 is 2.65 bits per heavy atom. The predicted octanol–water partition coefficient (Wildman–Crippen LogP) is 4.45. The highest BCUT2D eigenvalue weighted by Gasteiger charge is 2.25. The molecule has 0 fully saturated rings. The zero-order valence-corrected chi connectivity index (χ0v) is 17.0. The molecule has 0 radical (unpaired) electrons. The van der Waals surface area contributed by atoms with Gasteiger partial charge in [0.1, 0.15) is 0 Å². The van der Waals surface area contributed by atoms with Crippen LogP contribution in [0.3, 0.4) is 0 Å². The van der Waals surface area contributed by atoms with Crippen LogP contribution in [-0.4, -0.2) is 22.1 Å². The minimum atomic E-state index is -0.941. The molecule has 6 nitrogen and oxygen atoms in total. The fourth-order valence-corrected chi connectivity index (χ4v) is 3.59. The molecule has 4 rings (SSSR count). The number of aliphatic carboxylic acids is 1. The second-order valence-corrected chi connectivity index (χ2v) is 7.68. The molecule has 1 aromatic carbocycles. The third-order valence-corrected chi connectivity index (χ3v) is 5.27. The summed E-state index contributed by atoms with van der Waals surface area (Å²) in [5.74, 6) is -1.65. The predicted molar refractivity (Wildman–Crippen MR) is 121 cm³/mol. The van der Waals surface area contributed by atoms with Gasteiger partial charge in [-0.05, 0) is 48.7 Å². The molecule has 0 saturated carbocycles. The van der Waals surface area contributed by atoms with Crippen molar-refractivity contribution >= 4 is 22.9 Å². The average molecular weight is 413 g/mol. The van der Waals surface area contributed by atoms with Gasteiger partial charge in [-0.25, -0.2) is 4.79 Å². The molecule has 2 aliphatic rings. The topological polar surface area (TPSA) is 94.2 Å². The Morgan fingerprint density at radius 2 is 1.84 bits per heavy atom. The molecule has 1 aromatic heterocycles. The number of hydrogen-bond donors (Lipinski definition) is 4. The summed E-state index contributed by atoms with van der Waals surface area (Å²) < 4.78 is 0. The van der Waals surface area contributed by atoms with Crippen molar-refractivity contribution in [3.63, 3.8) is 0 Å². The van der Waals surface area contributed by atoms with E-state index in [0.29, 0.717) is 11.4 Å². The molecule has 156 valence electrons. The first-order valence-corrected chi connectivity index (χ1v) is 9.97. The van der Waals surface area contributed by atoms with Gasteiger partial charge in [-0.1, -0.05) is 54.7 Å². The summed E-state index contributed by atoms with van der Waals surface area (Å²) >= 11 is 0. The number of para-hydroxylation sites is 1. The summed E-state index contributed by atoms with van der Waals surface area (Å²) in [5, 5.41) is 15.9. The van der Waals surface area contributed by atoms with Gasteiger partial charge in [0.25, 0.3) is 0 Å². The van der Waals surface area contributed by atoms with E-state index in [1.54, 1.807) is 24.3 Å². The molecule has 31 heavy (non-hydrogen) atoms. The number of aromatic nitrogens is 1. The van der Waals surface area contributed by atoms with E-state index in [1.165, 1.54) is 6.08 Å². The largest absolute Gasteiger partial charge is 0.481 e. The average Bonchev–Trinajstić information content (AvgIpc) is 2.91. The number of H-pyrrole nitrogens is 1. The van der Waals surface area contributed by atoms with E-state index in [1.807, 2.05) is 42.5 Å². The first kappa shape index (κ1) is 20.2. The number of carboxylic acid groups (broad SMARTS) is 1. The van der Waals surface area contributed by atoms with E-state index in [2.05, 4.69) is 40.8 Å². The van der Waals surface area contributed by atoms with Crippen LogP contribution in [0.15, 0.2) is 102 Å². The molecular formula is C25H23N3O3. The summed E-state index contributed by atoms with van der Waals surface area (Å²) in [6.07, 6.45) is 17.7. The molecule has 2 amide bonds. The van der Waals surface area contributed by atoms with Gasteiger partial charge in [-0.15, -0.1) is 0 Å². The van der Waals surface area contributed by atoms with E-state index >= 15 is 0 Å². The van der Waals surface area contributed by atoms with Gasteiger partial charge >= 0.3 is 12.0 Å². The number of hydrogen-bond acceptors (Lipinski definition) is 2. The molecule has 0 spiro atoms. The van der Waals surface area contributed by atoms with Crippen molar-refractivity contribution in [3.05, 3.63) is 108 Å². The number of carbonyl (C=O) groups excluding carboxylic acids is 1. The van der Waals surface area contributed by atoms with Gasteiger partial charge < -0.3 is 20.7 Å². The molecule has 2 unspecified atom stereocenters. The molecule has 2 aromatic rings. The Morgan fingerprint density at radius 1 is 1.03 bits per heavy atom. The first-order chi connectivity index (χ1) is 14.9. The van der Waals surface area contributed by atoms with Crippen LogP contribution in [-0.2, 0) is 10.2 Å². The van der Waals surface area contributed by atoms with Crippen LogP contribution in [0.5, 0.6) is 0 Å². The minimum absolute atomic E-state index is 0.408. The van der Waals surface area contributed by atoms with Crippen LogP contribution < -0.4 is 10.6 Å². The highest BCUT2D eigenvalue weighted by molar-refractivity contribution is 5.82. The van der Waals surface area contributed by atoms with E-state index in [4.69, 9.17) is 5.11 Å². The second kappa shape index (κ2) is 8.36. The standard InChI is InChI=1S/C25H23N3O3/c1-25(22-15-18-7-2-3-11-21(18)28-22)14-5-4-9-20(16-25)27-24(31)26-19-10-6-8-17(12-13-19)23(29)30/h2-17,28H,1H3,(H,29,30)(H2,26,27,31). The maximum Gasteiger partial charge on any atom is 0.323 e. The van der Waals surface area contributed by atoms with Crippen molar-refractivity contribution < 1.29 is 14.7 Å². The number of aromatic amines is 1. The molecule has 6 heteroatoms. The van der Waals surface area contributed by atoms with Crippen molar-refractivity contribution in [2.24, 2.45) is 5.92 Å². The second-order valence-electron chi connectivity index (χ2n) is 7.68. The summed E-state index contributed by atoms with van der Waals surface area (Å²) in [7, 11) is 0. The number of rotatable bonds is 4. The van der Waals surface area contributed by atoms with Crippen molar-refractivity contribution in [2.45, 2.75) is 12.3 Å². The molecule has 1 heterocycles. The maximum absolute atomic E-state index is 12.6. The summed E-state index contributed by atoms with van der Waals surface area (Å²) in [4.78, 5) is 27.2. The quantitative estimate of drug-likeness (QED) is 0.597. The van der Waals surface area contributed by atoms with E-state index in [-0.39, 0.29) is 0 Å². The lowest BCUT2D eigenvalue weighted by molar-refractivity contribution is -0.138. The smallest absolute Gasteiger partial charge is 0.323 e. The zero-order valence-electron chi connectivity index (χ0n) is 17.0. The minimum Gasteiger partial charge on any atom is -0.481 e. The molecule has 0 bridgehead atoms. The Kier molecular flexibility index (Phi) is 5.45. The molecule has 0 saturated heterocycles. The zero-order chi connectivity index (χ0) is 21.8. The Labute approximate surface area is 180 Å². The summed E-state index contributed by atoms with van der Waals surface area (Å²) in [6, 6.07) is 9.80. The lowest BCUT2D eigenvalue weighted by Gasteiger charge is -2.21. The third-order valence-electron chi connectivity index (χ3n) is 5.27. The highest BCUT2D eigenvalue weighted by Crippen LogP contribution is 2.31. The molecule has 2 atom stereocenters. The van der Waals surface area contributed by atoms with E-state index < -0.39 is 23.3 Å². The van der Waals surface area contributed by atoms with Crippen molar-refractivity contribution in [1.29, 1.82) is 0 Å². The molecule has 2 aliphatic carbocycles. The number of nitrogens with one attached hydrogen (secondary N) is 3. The van der Waals surface area contributed by atoms with Crippen molar-refractivity contribution in [3.8, 4) is 0 Å². The van der Waals surface area contributed by atoms with Crippen LogP contribution in [0.4, 0.5) is 4.79 Å². The van der Waals surface area contributed by atoms with Crippen LogP contribution in [0.25, 0.3) is 10.9 Å². The van der Waals surface area contributed by atoms with Crippen LogP contribution in [0.2, 0.25) is 0 Å². The fraction of sp³-hybridized carbons (Fsp3) is 0.120. The molecule has 4 N–H and O–H groups in total. The Bertz CT molecular complexity index is 1180. The van der Waals surface area contributed by atoms with Crippen LogP contribution >= 0.6 is 0 Å². The van der Waals surface area contributed by atoms with Gasteiger partial charge in [0.05, 0.1) is 5.92 Å². The summed E-state index contributed by atoms with van der Waals surface area (Å²) in [5.41, 5.74) is 2.80. The van der Waals surface area contributed by atoms with Gasteiger partial charge in [0.15, 0.2) is 0 Å². The molecule has 0 aliphatic heterocycles. The Hall–Kier alpha value is -4.06. The maximum atomic E-state index is 12.6. The van der Waals surface area contributed by atoms with Crippen LogP contribution in [0, 0.1) is 5.92 Å². The van der Waals surface area contributed by atoms with E-state index in [9.17, 15) is 9.59 Å². The number of benzene rings is 1. The fourth-order valence-electron chi connectivity index (χ4n) is 3.59. The SMILES string of the molecule is CC1(c2cc3ccccc3[nH]2)C=CC=CC(NC(=O)NC2=CC=CC(C(=O)O)C=C2)=C1. The van der Waals surface area contributed by atoms with Gasteiger partial charge in [-0.3, -0.25) is 4.79 Å². The normalized spacial score (nSPS) is 22.4. The third kappa shape index (κ3) is 4.59. The number of amides is 2. The van der Waals surface area contributed by atoms with Gasteiger partial charge in [0.2, 0.25) is 0 Å². The lowest BCUT2D eigenvalue weighted by atomic mass is 9.85. The molecular weight excluding hydrogens is 390 g/mol. The van der Waals surface area contributed by atoms with Gasteiger partial charge in [-0.2, -0.15) is 0 Å². The monoisotopic (exact) mass is 413 g/mol. The number of allylic oxidation sites excluding steroid dienone is 8. The van der Waals surface area contributed by atoms with Gasteiger partial charge in [0, 0.05) is 28.0 Å². The highest BCUT2D eigenvalue weighted by atomic mass is 16.4. The van der Waals surface area contributed by atoms with Crippen LogP contribution in [0.1, 0.15) is 12.6 Å². The number of urea groups is 1. The lowest BCUT2D eigenvalue weighted by Crippen LogP contribution is -2.34. The number of fused-ring (bicyclic) bond motifs is 1. The number of carboxylic acids is 1.